The van der Waals surface area contributed by atoms with E-state index in [1.54, 1.807) is 12.1 Å². The van der Waals surface area contributed by atoms with Crippen LogP contribution in [0.2, 0.25) is 0 Å². The maximum absolute atomic E-state index is 10.5. The monoisotopic (exact) mass is 237 g/mol. The summed E-state index contributed by atoms with van der Waals surface area (Å²) in [5.41, 5.74) is 1.65. The summed E-state index contributed by atoms with van der Waals surface area (Å²) < 4.78 is 0. The summed E-state index contributed by atoms with van der Waals surface area (Å²) in [5, 5.41) is 18.4. The first-order valence-corrected chi connectivity index (χ1v) is 5.87. The van der Waals surface area contributed by atoms with Crippen molar-refractivity contribution < 1.29 is 15.0 Å². The van der Waals surface area contributed by atoms with Gasteiger partial charge in [0.05, 0.1) is 0 Å². The second-order valence-electron chi connectivity index (χ2n) is 3.88. The lowest BCUT2D eigenvalue weighted by Crippen LogP contribution is -2.21. The van der Waals surface area contributed by atoms with Gasteiger partial charge in [-0.2, -0.15) is 0 Å². The Labute approximate surface area is 101 Å². The third-order valence-corrected chi connectivity index (χ3v) is 2.81. The summed E-state index contributed by atoms with van der Waals surface area (Å²) in [6.45, 7) is 5.87. The van der Waals surface area contributed by atoms with Crippen LogP contribution in [0.4, 0.5) is 5.69 Å². The van der Waals surface area contributed by atoms with Crippen LogP contribution in [0.25, 0.3) is 0 Å². The fourth-order valence-electron chi connectivity index (χ4n) is 1.79. The van der Waals surface area contributed by atoms with Crippen molar-refractivity contribution in [1.82, 2.24) is 0 Å². The Morgan fingerprint density at radius 1 is 1.29 bits per heavy atom. The van der Waals surface area contributed by atoms with Gasteiger partial charge in [0.1, 0.15) is 5.75 Å². The molecule has 0 amide bonds. The molecule has 0 aromatic heterocycles. The molecule has 0 aliphatic carbocycles. The van der Waals surface area contributed by atoms with Crippen LogP contribution in [0.3, 0.4) is 0 Å². The fourth-order valence-corrected chi connectivity index (χ4v) is 1.79. The summed E-state index contributed by atoms with van der Waals surface area (Å²) in [5.74, 6) is -0.673. The van der Waals surface area contributed by atoms with E-state index in [1.165, 1.54) is 0 Å². The topological polar surface area (TPSA) is 60.8 Å². The van der Waals surface area contributed by atoms with Gasteiger partial charge in [0.2, 0.25) is 0 Å². The minimum atomic E-state index is -0.850. The van der Waals surface area contributed by atoms with E-state index in [9.17, 15) is 9.90 Å². The lowest BCUT2D eigenvalue weighted by Gasteiger charge is -2.21. The number of benzene rings is 1. The van der Waals surface area contributed by atoms with Crippen LogP contribution < -0.4 is 4.90 Å². The number of carboxylic acids is 1. The van der Waals surface area contributed by atoms with Gasteiger partial charge >= 0.3 is 5.97 Å². The average molecular weight is 237 g/mol. The van der Waals surface area contributed by atoms with Crippen LogP contribution in [0.5, 0.6) is 5.75 Å². The zero-order valence-corrected chi connectivity index (χ0v) is 10.3. The van der Waals surface area contributed by atoms with E-state index in [1.807, 2.05) is 6.07 Å². The van der Waals surface area contributed by atoms with E-state index in [4.69, 9.17) is 5.11 Å². The van der Waals surface area contributed by atoms with E-state index >= 15 is 0 Å². The fraction of sp³-hybridized carbons (Fsp3) is 0.462. The predicted molar refractivity (Wildman–Crippen MR) is 67.6 cm³/mol. The number of hydrogen-bond donors (Lipinski definition) is 2. The third kappa shape index (κ3) is 3.66. The van der Waals surface area contributed by atoms with Gasteiger partial charge < -0.3 is 15.1 Å². The van der Waals surface area contributed by atoms with Crippen molar-refractivity contribution in [1.29, 1.82) is 0 Å². The minimum Gasteiger partial charge on any atom is -0.508 e. The van der Waals surface area contributed by atoms with Crippen molar-refractivity contribution >= 4 is 11.7 Å². The van der Waals surface area contributed by atoms with Crippen LogP contribution in [-0.4, -0.2) is 29.3 Å². The van der Waals surface area contributed by atoms with Crippen LogP contribution in [0.1, 0.15) is 25.8 Å². The van der Waals surface area contributed by atoms with Gasteiger partial charge in [0.15, 0.2) is 0 Å². The van der Waals surface area contributed by atoms with Gasteiger partial charge in [-0.3, -0.25) is 4.79 Å². The Kier molecular flexibility index (Phi) is 4.82. The second kappa shape index (κ2) is 6.13. The van der Waals surface area contributed by atoms with Gasteiger partial charge in [0, 0.05) is 31.3 Å². The smallest absolute Gasteiger partial charge is 0.303 e. The highest BCUT2D eigenvalue weighted by Gasteiger charge is 2.08. The molecule has 94 valence electrons. The molecule has 0 saturated heterocycles. The van der Waals surface area contributed by atoms with Gasteiger partial charge in [-0.15, -0.1) is 0 Å². The molecule has 0 radical (unpaired) electrons. The highest BCUT2D eigenvalue weighted by Crippen LogP contribution is 2.25. The predicted octanol–water partition coefficient (Wildman–Crippen LogP) is 2.26. The Balaban J connectivity index is 2.81. The van der Waals surface area contributed by atoms with Crippen molar-refractivity contribution in [2.24, 2.45) is 0 Å². The standard InChI is InChI=1S/C13H19NO3/c1-3-14(4-2)11-7-5-10(12(15)9-11)6-8-13(16)17/h5,7,9,15H,3-4,6,8H2,1-2H3,(H,16,17). The first-order chi connectivity index (χ1) is 8.08. The lowest BCUT2D eigenvalue weighted by molar-refractivity contribution is -0.136. The van der Waals surface area contributed by atoms with Gasteiger partial charge in [-0.25, -0.2) is 0 Å². The molecular formula is C13H19NO3. The third-order valence-electron chi connectivity index (χ3n) is 2.81. The minimum absolute atomic E-state index is 0.0399. The summed E-state index contributed by atoms with van der Waals surface area (Å²) in [6, 6.07) is 5.42. The molecule has 0 unspecified atom stereocenters. The van der Waals surface area contributed by atoms with Crippen LogP contribution >= 0.6 is 0 Å². The maximum atomic E-state index is 10.5. The van der Waals surface area contributed by atoms with Crippen molar-refractivity contribution in [3.8, 4) is 5.75 Å². The Bertz CT molecular complexity index is 386. The quantitative estimate of drug-likeness (QED) is 0.796. The normalized spacial score (nSPS) is 10.2. The largest absolute Gasteiger partial charge is 0.508 e. The van der Waals surface area contributed by atoms with Gasteiger partial charge in [-0.05, 0) is 31.9 Å². The van der Waals surface area contributed by atoms with E-state index < -0.39 is 5.97 Å². The highest BCUT2D eigenvalue weighted by atomic mass is 16.4. The number of anilines is 1. The number of carboxylic acid groups (broad SMARTS) is 1. The number of hydrogen-bond acceptors (Lipinski definition) is 3. The van der Waals surface area contributed by atoms with E-state index in [2.05, 4.69) is 18.7 Å². The van der Waals surface area contributed by atoms with Gasteiger partial charge in [-0.1, -0.05) is 6.07 Å². The summed E-state index contributed by atoms with van der Waals surface area (Å²) >= 11 is 0. The molecule has 0 bridgehead atoms. The molecule has 1 aromatic carbocycles. The molecule has 4 heteroatoms. The molecule has 0 saturated carbocycles. The first-order valence-electron chi connectivity index (χ1n) is 5.87. The molecule has 0 atom stereocenters. The summed E-state index contributed by atoms with van der Waals surface area (Å²) in [7, 11) is 0. The lowest BCUT2D eigenvalue weighted by atomic mass is 10.1. The van der Waals surface area contributed by atoms with Crippen molar-refractivity contribution in [2.45, 2.75) is 26.7 Å². The molecule has 0 heterocycles. The number of aryl methyl sites for hydroxylation is 1. The van der Waals surface area contributed by atoms with Crippen molar-refractivity contribution in [3.63, 3.8) is 0 Å². The molecule has 1 aromatic rings. The molecule has 0 aliphatic rings. The number of aromatic hydroxyl groups is 1. The zero-order valence-electron chi connectivity index (χ0n) is 10.3. The van der Waals surface area contributed by atoms with Crippen LogP contribution in [-0.2, 0) is 11.2 Å². The number of rotatable bonds is 6. The SMILES string of the molecule is CCN(CC)c1ccc(CCC(=O)O)c(O)c1. The molecule has 2 N–H and O–H groups in total. The van der Waals surface area contributed by atoms with E-state index in [0.29, 0.717) is 12.0 Å². The van der Waals surface area contributed by atoms with E-state index in [0.717, 1.165) is 18.8 Å². The molecular weight excluding hydrogens is 218 g/mol. The molecule has 0 fully saturated rings. The molecule has 0 aliphatic heterocycles. The number of phenolic OH excluding ortho intramolecular Hbond substituents is 1. The van der Waals surface area contributed by atoms with Crippen LogP contribution in [0.15, 0.2) is 18.2 Å². The first kappa shape index (κ1) is 13.4. The number of nitrogens with zero attached hydrogens (tertiary/aromatic N) is 1. The van der Waals surface area contributed by atoms with E-state index in [-0.39, 0.29) is 12.2 Å². The van der Waals surface area contributed by atoms with Gasteiger partial charge in [0.25, 0.3) is 0 Å². The Morgan fingerprint density at radius 2 is 1.94 bits per heavy atom. The Morgan fingerprint density at radius 3 is 2.41 bits per heavy atom. The average Bonchev–Trinajstić information content (AvgIpc) is 2.29. The molecule has 17 heavy (non-hydrogen) atoms. The summed E-state index contributed by atoms with van der Waals surface area (Å²) in [6.07, 6.45) is 0.401. The zero-order chi connectivity index (χ0) is 12.8. The molecule has 0 spiro atoms. The number of phenols is 1. The molecule has 4 nitrogen and oxygen atoms in total. The highest BCUT2D eigenvalue weighted by molar-refractivity contribution is 5.67. The van der Waals surface area contributed by atoms with Crippen molar-refractivity contribution in [3.05, 3.63) is 23.8 Å². The Hall–Kier alpha value is -1.71. The number of aliphatic carboxylic acids is 1. The number of carbonyl (C=O) groups is 1. The molecule has 1 rings (SSSR count). The maximum Gasteiger partial charge on any atom is 0.303 e. The van der Waals surface area contributed by atoms with Crippen molar-refractivity contribution in [2.75, 3.05) is 18.0 Å². The van der Waals surface area contributed by atoms with Crippen LogP contribution in [0, 0.1) is 0 Å². The summed E-state index contributed by atoms with van der Waals surface area (Å²) in [4.78, 5) is 12.6. The second-order valence-corrected chi connectivity index (χ2v) is 3.88.